The topological polar surface area (TPSA) is 80.2 Å². The molecule has 1 aliphatic heterocycles. The normalized spacial score (nSPS) is 21.4. The van der Waals surface area contributed by atoms with Crippen LogP contribution in [0.1, 0.15) is 25.8 Å². The van der Waals surface area contributed by atoms with Crippen LogP contribution in [-0.4, -0.2) is 42.9 Å². The summed E-state index contributed by atoms with van der Waals surface area (Å²) < 4.78 is 10.5. The van der Waals surface area contributed by atoms with E-state index in [2.05, 4.69) is 10.4 Å². The molecule has 1 saturated heterocycles. The molecule has 1 fully saturated rings. The van der Waals surface area contributed by atoms with Crippen LogP contribution >= 0.6 is 0 Å². The second-order valence-corrected chi connectivity index (χ2v) is 5.06. The van der Waals surface area contributed by atoms with Crippen LogP contribution in [0.2, 0.25) is 0 Å². The van der Waals surface area contributed by atoms with E-state index in [1.54, 1.807) is 25.1 Å². The molecular weight excluding hydrogens is 286 g/mol. The second-order valence-electron chi connectivity index (χ2n) is 5.06. The molecule has 0 spiro atoms. The van der Waals surface area contributed by atoms with Crippen LogP contribution in [0.3, 0.4) is 0 Å². The van der Waals surface area contributed by atoms with Crippen molar-refractivity contribution in [1.82, 2.24) is 10.3 Å². The van der Waals surface area contributed by atoms with Crippen molar-refractivity contribution in [2.24, 2.45) is 5.10 Å². The zero-order valence-electron chi connectivity index (χ0n) is 13.0. The Hall–Kier alpha value is -2.57. The highest BCUT2D eigenvalue weighted by Crippen LogP contribution is 2.29. The zero-order chi connectivity index (χ0) is 16.3. The number of nitrogens with one attached hydrogen (secondary N) is 1. The van der Waals surface area contributed by atoms with Gasteiger partial charge in [0.15, 0.2) is 11.5 Å². The van der Waals surface area contributed by atoms with Crippen LogP contribution in [0.25, 0.3) is 0 Å². The maximum absolute atomic E-state index is 12.2. The van der Waals surface area contributed by atoms with Gasteiger partial charge in [0.2, 0.25) is 0 Å². The van der Waals surface area contributed by atoms with E-state index >= 15 is 0 Å². The van der Waals surface area contributed by atoms with Crippen molar-refractivity contribution in [3.63, 3.8) is 0 Å². The van der Waals surface area contributed by atoms with Gasteiger partial charge in [-0.1, -0.05) is 13.0 Å². The number of ether oxygens (including phenoxy) is 2. The van der Waals surface area contributed by atoms with Gasteiger partial charge >= 0.3 is 6.03 Å². The van der Waals surface area contributed by atoms with Crippen molar-refractivity contribution in [3.8, 4) is 11.5 Å². The molecular formula is C15H19N3O4. The molecule has 1 unspecified atom stereocenters. The van der Waals surface area contributed by atoms with Gasteiger partial charge in [0.1, 0.15) is 5.54 Å². The Morgan fingerprint density at radius 2 is 2.05 bits per heavy atom. The minimum Gasteiger partial charge on any atom is -0.493 e. The molecule has 22 heavy (non-hydrogen) atoms. The Morgan fingerprint density at radius 1 is 1.32 bits per heavy atom. The standard InChI is InChI=1S/C15H19N3O4/c1-5-15(2)13(19)18(14(20)17-15)16-9-10-7-6-8-11(21-3)12(10)22-4/h6-9H,5H2,1-4H3,(H,17,20). The number of carbonyl (C=O) groups excluding carboxylic acids is 2. The number of hydrogen-bond donors (Lipinski definition) is 1. The lowest BCUT2D eigenvalue weighted by molar-refractivity contribution is -0.130. The molecule has 0 aromatic heterocycles. The average molecular weight is 305 g/mol. The molecule has 1 heterocycles. The van der Waals surface area contributed by atoms with Crippen LogP contribution in [0.5, 0.6) is 11.5 Å². The van der Waals surface area contributed by atoms with Crippen molar-refractivity contribution in [2.75, 3.05) is 14.2 Å². The van der Waals surface area contributed by atoms with Crippen molar-refractivity contribution < 1.29 is 19.1 Å². The Labute approximate surface area is 128 Å². The number of nitrogens with zero attached hydrogens (tertiary/aromatic N) is 2. The molecule has 1 aliphatic rings. The quantitative estimate of drug-likeness (QED) is 0.664. The lowest BCUT2D eigenvalue weighted by Crippen LogP contribution is -2.42. The van der Waals surface area contributed by atoms with E-state index in [9.17, 15) is 9.59 Å². The average Bonchev–Trinajstić information content (AvgIpc) is 2.75. The van der Waals surface area contributed by atoms with E-state index in [1.165, 1.54) is 20.4 Å². The van der Waals surface area contributed by atoms with Gasteiger partial charge in [-0.2, -0.15) is 5.10 Å². The maximum Gasteiger partial charge on any atom is 0.346 e. The summed E-state index contributed by atoms with van der Waals surface area (Å²) in [5.41, 5.74) is -0.306. The maximum atomic E-state index is 12.2. The Morgan fingerprint density at radius 3 is 2.59 bits per heavy atom. The largest absolute Gasteiger partial charge is 0.493 e. The van der Waals surface area contributed by atoms with Gasteiger partial charge in [-0.3, -0.25) is 4.79 Å². The third-order valence-corrected chi connectivity index (χ3v) is 3.69. The number of para-hydroxylation sites is 1. The molecule has 7 heteroatoms. The van der Waals surface area contributed by atoms with Gasteiger partial charge in [-0.15, -0.1) is 5.01 Å². The number of urea groups is 1. The van der Waals surface area contributed by atoms with Crippen molar-refractivity contribution in [3.05, 3.63) is 23.8 Å². The summed E-state index contributed by atoms with van der Waals surface area (Å²) in [6, 6.07) is 4.73. The summed E-state index contributed by atoms with van der Waals surface area (Å²) in [4.78, 5) is 24.1. The fourth-order valence-corrected chi connectivity index (χ4v) is 2.15. The van der Waals surface area contributed by atoms with E-state index < -0.39 is 11.6 Å². The van der Waals surface area contributed by atoms with E-state index in [-0.39, 0.29) is 5.91 Å². The van der Waals surface area contributed by atoms with Crippen LogP contribution < -0.4 is 14.8 Å². The zero-order valence-corrected chi connectivity index (χ0v) is 13.0. The Balaban J connectivity index is 2.30. The molecule has 2 rings (SSSR count). The Kier molecular flexibility index (Phi) is 4.35. The molecule has 3 amide bonds. The van der Waals surface area contributed by atoms with E-state index in [0.29, 0.717) is 23.5 Å². The second kappa shape index (κ2) is 6.05. The summed E-state index contributed by atoms with van der Waals surface area (Å²) in [6.45, 7) is 3.51. The van der Waals surface area contributed by atoms with E-state index in [0.717, 1.165) is 5.01 Å². The summed E-state index contributed by atoms with van der Waals surface area (Å²) in [5, 5.41) is 7.46. The number of rotatable bonds is 5. The monoisotopic (exact) mass is 305 g/mol. The van der Waals surface area contributed by atoms with Gasteiger partial charge < -0.3 is 14.8 Å². The first-order valence-corrected chi connectivity index (χ1v) is 6.88. The molecule has 1 atom stereocenters. The fraction of sp³-hybridized carbons (Fsp3) is 0.400. The summed E-state index contributed by atoms with van der Waals surface area (Å²) >= 11 is 0. The molecule has 0 bridgehead atoms. The van der Waals surface area contributed by atoms with Gasteiger partial charge in [-0.25, -0.2) is 4.79 Å². The summed E-state index contributed by atoms with van der Waals surface area (Å²) in [7, 11) is 3.04. The van der Waals surface area contributed by atoms with E-state index in [4.69, 9.17) is 9.47 Å². The number of benzene rings is 1. The van der Waals surface area contributed by atoms with Gasteiger partial charge in [-0.05, 0) is 25.5 Å². The number of hydrogen-bond acceptors (Lipinski definition) is 5. The molecule has 0 saturated carbocycles. The van der Waals surface area contributed by atoms with Crippen molar-refractivity contribution in [1.29, 1.82) is 0 Å². The number of methoxy groups -OCH3 is 2. The molecule has 118 valence electrons. The molecule has 7 nitrogen and oxygen atoms in total. The van der Waals surface area contributed by atoms with Crippen molar-refractivity contribution >= 4 is 18.2 Å². The lowest BCUT2D eigenvalue weighted by atomic mass is 10.00. The summed E-state index contributed by atoms with van der Waals surface area (Å²) in [5.74, 6) is 0.652. The summed E-state index contributed by atoms with van der Waals surface area (Å²) in [6.07, 6.45) is 1.90. The van der Waals surface area contributed by atoms with Gasteiger partial charge in [0.25, 0.3) is 5.91 Å². The fourth-order valence-electron chi connectivity index (χ4n) is 2.15. The predicted molar refractivity (Wildman–Crippen MR) is 81.2 cm³/mol. The highest BCUT2D eigenvalue weighted by atomic mass is 16.5. The number of imide groups is 1. The van der Waals surface area contributed by atoms with Crippen LogP contribution in [0, 0.1) is 0 Å². The third kappa shape index (κ3) is 2.61. The SMILES string of the molecule is CCC1(C)NC(=O)N(N=Cc2cccc(OC)c2OC)C1=O. The Bertz CT molecular complexity index is 629. The van der Waals surface area contributed by atoms with Crippen molar-refractivity contribution in [2.45, 2.75) is 25.8 Å². The van der Waals surface area contributed by atoms with Gasteiger partial charge in [0.05, 0.1) is 20.4 Å². The minimum atomic E-state index is -0.910. The predicted octanol–water partition coefficient (Wildman–Crippen LogP) is 1.76. The molecule has 1 aromatic rings. The highest BCUT2D eigenvalue weighted by molar-refractivity contribution is 6.07. The number of amides is 3. The number of carbonyl (C=O) groups is 2. The molecule has 1 aromatic carbocycles. The molecule has 1 N–H and O–H groups in total. The first-order valence-electron chi connectivity index (χ1n) is 6.88. The number of hydrazone groups is 1. The highest BCUT2D eigenvalue weighted by Gasteiger charge is 2.46. The first-order chi connectivity index (χ1) is 10.5. The molecule has 0 aliphatic carbocycles. The van der Waals surface area contributed by atoms with Crippen LogP contribution in [-0.2, 0) is 4.79 Å². The van der Waals surface area contributed by atoms with Gasteiger partial charge in [0, 0.05) is 5.56 Å². The van der Waals surface area contributed by atoms with Crippen LogP contribution in [0.4, 0.5) is 4.79 Å². The third-order valence-electron chi connectivity index (χ3n) is 3.69. The van der Waals surface area contributed by atoms with E-state index in [1.807, 2.05) is 6.92 Å². The lowest BCUT2D eigenvalue weighted by Gasteiger charge is -2.17. The smallest absolute Gasteiger partial charge is 0.346 e. The van der Waals surface area contributed by atoms with Crippen LogP contribution in [0.15, 0.2) is 23.3 Å². The minimum absolute atomic E-state index is 0.377. The first kappa shape index (κ1) is 15.8. The molecule has 0 radical (unpaired) electrons.